The number of ether oxygens (including phenoxy) is 1. The van der Waals surface area contributed by atoms with Crippen LogP contribution >= 0.6 is 11.6 Å². The zero-order valence-corrected chi connectivity index (χ0v) is 13.4. The highest BCUT2D eigenvalue weighted by Crippen LogP contribution is 2.27. The van der Waals surface area contributed by atoms with Crippen LogP contribution in [0.2, 0.25) is 5.02 Å². The van der Waals surface area contributed by atoms with Crippen molar-refractivity contribution in [2.75, 3.05) is 7.05 Å². The van der Waals surface area contributed by atoms with Crippen LogP contribution in [0.1, 0.15) is 28.9 Å². The Morgan fingerprint density at radius 1 is 1.13 bits per heavy atom. The van der Waals surface area contributed by atoms with Crippen LogP contribution in [0.5, 0.6) is 5.75 Å². The predicted molar refractivity (Wildman–Crippen MR) is 85.0 cm³/mol. The monoisotopic (exact) mass is 339 g/mol. The van der Waals surface area contributed by atoms with Crippen LogP contribution in [0.15, 0.2) is 48.5 Å². The molecule has 2 rings (SSSR count). The number of alkyl halides is 2. The van der Waals surface area contributed by atoms with E-state index in [0.717, 1.165) is 5.56 Å². The Kier molecular flexibility index (Phi) is 5.55. The second-order valence-electron chi connectivity index (χ2n) is 5.02. The Morgan fingerprint density at radius 2 is 1.74 bits per heavy atom. The van der Waals surface area contributed by atoms with Crippen molar-refractivity contribution in [3.63, 3.8) is 0 Å². The van der Waals surface area contributed by atoms with Crippen molar-refractivity contribution >= 4 is 17.5 Å². The van der Waals surface area contributed by atoms with Gasteiger partial charge < -0.3 is 9.64 Å². The number of benzene rings is 2. The number of nitrogens with zero attached hydrogens (tertiary/aromatic N) is 1. The van der Waals surface area contributed by atoms with Gasteiger partial charge in [-0.1, -0.05) is 29.8 Å². The SMILES string of the molecule is CC(c1ccccc1Cl)N(C)C(=O)c1ccc(OC(F)F)cc1. The van der Waals surface area contributed by atoms with Crippen molar-refractivity contribution in [2.45, 2.75) is 19.6 Å². The number of rotatable bonds is 5. The summed E-state index contributed by atoms with van der Waals surface area (Å²) in [7, 11) is 1.67. The molecule has 0 aliphatic rings. The van der Waals surface area contributed by atoms with E-state index in [4.69, 9.17) is 11.6 Å². The van der Waals surface area contributed by atoms with E-state index in [9.17, 15) is 13.6 Å². The smallest absolute Gasteiger partial charge is 0.387 e. The Hall–Kier alpha value is -2.14. The second kappa shape index (κ2) is 7.42. The predicted octanol–water partition coefficient (Wildman–Crippen LogP) is 4.77. The van der Waals surface area contributed by atoms with Crippen molar-refractivity contribution < 1.29 is 18.3 Å². The minimum absolute atomic E-state index is 0.0124. The third-order valence-electron chi connectivity index (χ3n) is 3.58. The van der Waals surface area contributed by atoms with Gasteiger partial charge in [0.25, 0.3) is 5.91 Å². The molecule has 0 aromatic heterocycles. The molecule has 0 saturated carbocycles. The molecule has 0 N–H and O–H groups in total. The molecule has 0 aliphatic carbocycles. The maximum atomic E-state index is 12.5. The van der Waals surface area contributed by atoms with Gasteiger partial charge in [0.15, 0.2) is 0 Å². The average molecular weight is 340 g/mol. The zero-order valence-electron chi connectivity index (χ0n) is 12.7. The molecule has 0 saturated heterocycles. The highest BCUT2D eigenvalue weighted by atomic mass is 35.5. The average Bonchev–Trinajstić information content (AvgIpc) is 2.53. The van der Waals surface area contributed by atoms with Gasteiger partial charge in [-0.2, -0.15) is 8.78 Å². The molecule has 23 heavy (non-hydrogen) atoms. The first-order chi connectivity index (χ1) is 10.9. The molecule has 0 spiro atoms. The Balaban J connectivity index is 2.14. The lowest BCUT2D eigenvalue weighted by Crippen LogP contribution is -2.29. The van der Waals surface area contributed by atoms with Crippen LogP contribution in [0.3, 0.4) is 0 Å². The third-order valence-corrected chi connectivity index (χ3v) is 3.93. The minimum atomic E-state index is -2.89. The number of amides is 1. The summed E-state index contributed by atoms with van der Waals surface area (Å²) in [5.74, 6) is -0.223. The molecule has 1 amide bonds. The normalized spacial score (nSPS) is 12.1. The lowest BCUT2D eigenvalue weighted by Gasteiger charge is -2.26. The molecule has 0 aliphatic heterocycles. The summed E-state index contributed by atoms with van der Waals surface area (Å²) >= 11 is 6.16. The molecule has 1 atom stereocenters. The largest absolute Gasteiger partial charge is 0.435 e. The standard InChI is InChI=1S/C17H16ClF2NO2/c1-11(14-5-3-4-6-15(14)18)21(2)16(22)12-7-9-13(10-8-12)23-17(19)20/h3-11,17H,1-2H3. The third kappa shape index (κ3) is 4.20. The zero-order chi connectivity index (χ0) is 17.0. The van der Waals surface area contributed by atoms with Crippen molar-refractivity contribution in [1.82, 2.24) is 4.90 Å². The van der Waals surface area contributed by atoms with E-state index >= 15 is 0 Å². The van der Waals surface area contributed by atoms with Crippen molar-refractivity contribution in [2.24, 2.45) is 0 Å². The second-order valence-corrected chi connectivity index (χ2v) is 5.42. The maximum absolute atomic E-state index is 12.5. The van der Waals surface area contributed by atoms with Gasteiger partial charge >= 0.3 is 6.61 Å². The molecule has 0 heterocycles. The Morgan fingerprint density at radius 3 is 2.30 bits per heavy atom. The fourth-order valence-corrected chi connectivity index (χ4v) is 2.47. The van der Waals surface area contributed by atoms with Gasteiger partial charge in [-0.15, -0.1) is 0 Å². The van der Waals surface area contributed by atoms with Crippen LogP contribution in [0.25, 0.3) is 0 Å². The quantitative estimate of drug-likeness (QED) is 0.785. The van der Waals surface area contributed by atoms with Crippen LogP contribution in [-0.4, -0.2) is 24.5 Å². The highest BCUT2D eigenvalue weighted by Gasteiger charge is 2.20. The first kappa shape index (κ1) is 17.2. The fraction of sp³-hybridized carbons (Fsp3) is 0.235. The summed E-state index contributed by atoms with van der Waals surface area (Å²) < 4.78 is 28.5. The summed E-state index contributed by atoms with van der Waals surface area (Å²) in [6.45, 7) is -1.02. The van der Waals surface area contributed by atoms with Crippen LogP contribution in [-0.2, 0) is 0 Å². The Bertz CT molecular complexity index is 677. The van der Waals surface area contributed by atoms with Crippen LogP contribution in [0.4, 0.5) is 8.78 Å². The molecule has 0 fully saturated rings. The van der Waals surface area contributed by atoms with Gasteiger partial charge in [0.05, 0.1) is 6.04 Å². The van der Waals surface area contributed by atoms with Crippen LogP contribution < -0.4 is 4.74 Å². The van der Waals surface area contributed by atoms with E-state index in [0.29, 0.717) is 10.6 Å². The molecule has 2 aromatic rings. The summed E-state index contributed by atoms with van der Waals surface area (Å²) in [5, 5.41) is 0.584. The number of halogens is 3. The van der Waals surface area contributed by atoms with Crippen LogP contribution in [0, 0.1) is 0 Å². The van der Waals surface area contributed by atoms with Gasteiger partial charge in [0, 0.05) is 17.6 Å². The van der Waals surface area contributed by atoms with Gasteiger partial charge in [-0.25, -0.2) is 0 Å². The number of hydrogen-bond donors (Lipinski definition) is 0. The molecule has 0 bridgehead atoms. The lowest BCUT2D eigenvalue weighted by molar-refractivity contribution is -0.0498. The first-order valence-electron chi connectivity index (χ1n) is 6.96. The summed E-state index contributed by atoms with van der Waals surface area (Å²) in [5.41, 5.74) is 1.22. The van der Waals surface area contributed by atoms with Gasteiger partial charge in [0.2, 0.25) is 0 Å². The van der Waals surface area contributed by atoms with Gasteiger partial charge in [0.1, 0.15) is 5.75 Å². The van der Waals surface area contributed by atoms with Crippen molar-refractivity contribution in [3.05, 3.63) is 64.7 Å². The number of carbonyl (C=O) groups excluding carboxylic acids is 1. The number of hydrogen-bond acceptors (Lipinski definition) is 2. The summed E-state index contributed by atoms with van der Waals surface area (Å²) in [6.07, 6.45) is 0. The molecular formula is C17H16ClF2NO2. The molecular weight excluding hydrogens is 324 g/mol. The van der Waals surface area contributed by atoms with E-state index in [1.165, 1.54) is 24.3 Å². The fourth-order valence-electron chi connectivity index (χ4n) is 2.18. The molecule has 3 nitrogen and oxygen atoms in total. The molecule has 6 heteroatoms. The van der Waals surface area contributed by atoms with Crippen molar-refractivity contribution in [3.8, 4) is 5.75 Å². The molecule has 2 aromatic carbocycles. The highest BCUT2D eigenvalue weighted by molar-refractivity contribution is 6.31. The van der Waals surface area contributed by atoms with E-state index in [1.807, 2.05) is 25.1 Å². The lowest BCUT2D eigenvalue weighted by atomic mass is 10.1. The van der Waals surface area contributed by atoms with Gasteiger partial charge in [-0.3, -0.25) is 4.79 Å². The topological polar surface area (TPSA) is 29.5 Å². The van der Waals surface area contributed by atoms with E-state index < -0.39 is 6.61 Å². The number of carbonyl (C=O) groups is 1. The Labute approximate surface area is 138 Å². The summed E-state index contributed by atoms with van der Waals surface area (Å²) in [4.78, 5) is 14.0. The van der Waals surface area contributed by atoms with E-state index in [2.05, 4.69) is 4.74 Å². The van der Waals surface area contributed by atoms with Gasteiger partial charge in [-0.05, 0) is 42.8 Å². The first-order valence-corrected chi connectivity index (χ1v) is 7.34. The minimum Gasteiger partial charge on any atom is -0.435 e. The van der Waals surface area contributed by atoms with E-state index in [1.54, 1.807) is 18.0 Å². The molecule has 122 valence electrons. The maximum Gasteiger partial charge on any atom is 0.387 e. The molecule has 0 radical (unpaired) electrons. The van der Waals surface area contributed by atoms with E-state index in [-0.39, 0.29) is 17.7 Å². The van der Waals surface area contributed by atoms with Crippen molar-refractivity contribution in [1.29, 1.82) is 0 Å². The summed E-state index contributed by atoms with van der Waals surface area (Å²) in [6, 6.07) is 12.7. The molecule has 1 unspecified atom stereocenters.